The fourth-order valence-corrected chi connectivity index (χ4v) is 2.53. The van der Waals surface area contributed by atoms with E-state index in [-0.39, 0.29) is 0 Å². The highest BCUT2D eigenvalue weighted by molar-refractivity contribution is 7.99. The molecule has 0 spiro atoms. The Balaban J connectivity index is 2.29. The molecule has 5 nitrogen and oxygen atoms in total. The van der Waals surface area contributed by atoms with Gasteiger partial charge in [0.1, 0.15) is 0 Å². The zero-order chi connectivity index (χ0) is 14.5. The lowest BCUT2D eigenvalue weighted by molar-refractivity contribution is 0.373. The summed E-state index contributed by atoms with van der Waals surface area (Å²) in [5, 5.41) is 3.70. The summed E-state index contributed by atoms with van der Waals surface area (Å²) in [6.45, 7) is 6.91. The molecule has 2 aromatic rings. The van der Waals surface area contributed by atoms with Gasteiger partial charge in [-0.3, -0.25) is 0 Å². The number of ether oxygens (including phenoxy) is 1. The SMILES string of the molecule is CCNc1nc(OC)nc(Sc2ccc(C)cc2C)n1. The number of aryl methyl sites for hydroxylation is 2. The van der Waals surface area contributed by atoms with Gasteiger partial charge in [0.15, 0.2) is 0 Å². The van der Waals surface area contributed by atoms with Gasteiger partial charge in [-0.1, -0.05) is 17.7 Å². The van der Waals surface area contributed by atoms with Crippen molar-refractivity contribution < 1.29 is 4.74 Å². The molecule has 0 bridgehead atoms. The number of nitrogens with one attached hydrogen (secondary N) is 1. The lowest BCUT2D eigenvalue weighted by Gasteiger charge is -2.08. The summed E-state index contributed by atoms with van der Waals surface area (Å²) < 4.78 is 5.11. The van der Waals surface area contributed by atoms with E-state index < -0.39 is 0 Å². The van der Waals surface area contributed by atoms with Crippen molar-refractivity contribution in [3.63, 3.8) is 0 Å². The Bertz CT molecular complexity index is 604. The molecule has 0 saturated carbocycles. The molecule has 0 fully saturated rings. The normalized spacial score (nSPS) is 10.4. The van der Waals surface area contributed by atoms with Gasteiger partial charge in [0.2, 0.25) is 11.1 Å². The largest absolute Gasteiger partial charge is 0.467 e. The van der Waals surface area contributed by atoms with Crippen LogP contribution in [0.25, 0.3) is 0 Å². The minimum atomic E-state index is 0.322. The molecule has 2 rings (SSSR count). The first-order chi connectivity index (χ1) is 9.62. The van der Waals surface area contributed by atoms with E-state index in [1.54, 1.807) is 7.11 Å². The van der Waals surface area contributed by atoms with Crippen molar-refractivity contribution >= 4 is 17.7 Å². The highest BCUT2D eigenvalue weighted by Gasteiger charge is 2.09. The van der Waals surface area contributed by atoms with Gasteiger partial charge in [0.25, 0.3) is 0 Å². The quantitative estimate of drug-likeness (QED) is 0.913. The van der Waals surface area contributed by atoms with E-state index in [0.29, 0.717) is 17.1 Å². The van der Waals surface area contributed by atoms with E-state index in [2.05, 4.69) is 52.3 Å². The Hall–Kier alpha value is -1.82. The van der Waals surface area contributed by atoms with Gasteiger partial charge in [-0.15, -0.1) is 0 Å². The van der Waals surface area contributed by atoms with E-state index in [0.717, 1.165) is 11.4 Å². The van der Waals surface area contributed by atoms with E-state index in [9.17, 15) is 0 Å². The standard InChI is InChI=1S/C14H18N4OS/c1-5-15-12-16-13(19-4)18-14(17-12)20-11-7-6-9(2)8-10(11)3/h6-8H,5H2,1-4H3,(H,15,16,17,18). The second-order valence-electron chi connectivity index (χ2n) is 4.33. The number of rotatable bonds is 5. The van der Waals surface area contributed by atoms with E-state index >= 15 is 0 Å². The molecule has 1 aromatic heterocycles. The summed E-state index contributed by atoms with van der Waals surface area (Å²) in [6, 6.07) is 6.63. The third-order valence-electron chi connectivity index (χ3n) is 2.64. The molecular formula is C14H18N4OS. The lowest BCUT2D eigenvalue weighted by Crippen LogP contribution is -2.05. The first-order valence-corrected chi connectivity index (χ1v) is 7.23. The Morgan fingerprint density at radius 3 is 2.65 bits per heavy atom. The van der Waals surface area contributed by atoms with Crippen molar-refractivity contribution in [2.75, 3.05) is 19.0 Å². The molecule has 1 heterocycles. The molecule has 6 heteroatoms. The first kappa shape index (κ1) is 14.6. The summed E-state index contributed by atoms with van der Waals surface area (Å²) >= 11 is 1.51. The smallest absolute Gasteiger partial charge is 0.321 e. The molecule has 0 saturated heterocycles. The number of aromatic nitrogens is 3. The molecule has 106 valence electrons. The molecule has 0 unspecified atom stereocenters. The fraction of sp³-hybridized carbons (Fsp3) is 0.357. The molecule has 0 radical (unpaired) electrons. The summed E-state index contributed by atoms with van der Waals surface area (Å²) in [7, 11) is 1.55. The van der Waals surface area contributed by atoms with Crippen LogP contribution < -0.4 is 10.1 Å². The van der Waals surface area contributed by atoms with Crippen LogP contribution in [0.15, 0.2) is 28.3 Å². The van der Waals surface area contributed by atoms with Crippen LogP contribution in [0.2, 0.25) is 0 Å². The number of anilines is 1. The lowest BCUT2D eigenvalue weighted by atomic mass is 10.2. The van der Waals surface area contributed by atoms with E-state index in [4.69, 9.17) is 4.74 Å². The van der Waals surface area contributed by atoms with Crippen molar-refractivity contribution in [3.8, 4) is 6.01 Å². The van der Waals surface area contributed by atoms with Gasteiger partial charge in [0.05, 0.1) is 7.11 Å². The predicted octanol–water partition coefficient (Wildman–Crippen LogP) is 3.08. The van der Waals surface area contributed by atoms with E-state index in [1.807, 2.05) is 6.92 Å². The summed E-state index contributed by atoms with van der Waals surface area (Å²) in [6.07, 6.45) is 0. The fourth-order valence-electron chi connectivity index (χ4n) is 1.72. The van der Waals surface area contributed by atoms with Crippen molar-refractivity contribution in [1.82, 2.24) is 15.0 Å². The van der Waals surface area contributed by atoms with Gasteiger partial charge >= 0.3 is 6.01 Å². The topological polar surface area (TPSA) is 59.9 Å². The van der Waals surface area contributed by atoms with Gasteiger partial charge in [-0.05, 0) is 44.2 Å². The molecule has 0 amide bonds. The molecule has 20 heavy (non-hydrogen) atoms. The van der Waals surface area contributed by atoms with Crippen molar-refractivity contribution in [3.05, 3.63) is 29.3 Å². The van der Waals surface area contributed by atoms with Gasteiger partial charge in [0, 0.05) is 11.4 Å². The van der Waals surface area contributed by atoms with Gasteiger partial charge in [-0.2, -0.15) is 15.0 Å². The maximum atomic E-state index is 5.11. The highest BCUT2D eigenvalue weighted by Crippen LogP contribution is 2.29. The minimum Gasteiger partial charge on any atom is -0.467 e. The van der Waals surface area contributed by atoms with Crippen LogP contribution in [0, 0.1) is 13.8 Å². The van der Waals surface area contributed by atoms with Crippen molar-refractivity contribution in [1.29, 1.82) is 0 Å². The summed E-state index contributed by atoms with van der Waals surface area (Å²) in [4.78, 5) is 13.9. The number of benzene rings is 1. The number of methoxy groups -OCH3 is 1. The Kier molecular flexibility index (Phi) is 4.79. The van der Waals surface area contributed by atoms with Crippen LogP contribution in [0.1, 0.15) is 18.1 Å². The zero-order valence-electron chi connectivity index (χ0n) is 12.1. The maximum absolute atomic E-state index is 5.11. The van der Waals surface area contributed by atoms with Crippen molar-refractivity contribution in [2.24, 2.45) is 0 Å². The third-order valence-corrected chi connectivity index (χ3v) is 3.69. The third kappa shape index (κ3) is 3.60. The molecule has 0 aliphatic heterocycles. The van der Waals surface area contributed by atoms with Gasteiger partial charge in [-0.25, -0.2) is 0 Å². The summed E-state index contributed by atoms with van der Waals surface area (Å²) in [5.74, 6) is 0.534. The molecule has 0 aliphatic carbocycles. The van der Waals surface area contributed by atoms with Crippen LogP contribution >= 0.6 is 11.8 Å². The monoisotopic (exact) mass is 290 g/mol. The second kappa shape index (κ2) is 6.56. The Morgan fingerprint density at radius 2 is 2.00 bits per heavy atom. The van der Waals surface area contributed by atoms with Crippen molar-refractivity contribution in [2.45, 2.75) is 30.8 Å². The van der Waals surface area contributed by atoms with Crippen LogP contribution in [-0.4, -0.2) is 28.6 Å². The zero-order valence-corrected chi connectivity index (χ0v) is 12.9. The minimum absolute atomic E-state index is 0.322. The molecule has 1 aromatic carbocycles. The van der Waals surface area contributed by atoms with Crippen LogP contribution in [0.5, 0.6) is 6.01 Å². The number of hydrogen-bond donors (Lipinski definition) is 1. The number of hydrogen-bond acceptors (Lipinski definition) is 6. The Morgan fingerprint density at radius 1 is 1.20 bits per heavy atom. The molecule has 0 atom stereocenters. The molecule has 1 N–H and O–H groups in total. The van der Waals surface area contributed by atoms with Crippen LogP contribution in [-0.2, 0) is 0 Å². The first-order valence-electron chi connectivity index (χ1n) is 6.41. The summed E-state index contributed by atoms with van der Waals surface area (Å²) in [5.41, 5.74) is 2.45. The maximum Gasteiger partial charge on any atom is 0.321 e. The average Bonchev–Trinajstić information content (AvgIpc) is 2.42. The predicted molar refractivity (Wildman–Crippen MR) is 80.6 cm³/mol. The van der Waals surface area contributed by atoms with Crippen LogP contribution in [0.3, 0.4) is 0 Å². The number of nitrogens with zero attached hydrogens (tertiary/aromatic N) is 3. The Labute approximate surface area is 123 Å². The average molecular weight is 290 g/mol. The molecule has 0 aliphatic rings. The second-order valence-corrected chi connectivity index (χ2v) is 5.34. The van der Waals surface area contributed by atoms with E-state index in [1.165, 1.54) is 22.9 Å². The van der Waals surface area contributed by atoms with Crippen LogP contribution in [0.4, 0.5) is 5.95 Å². The van der Waals surface area contributed by atoms with Gasteiger partial charge < -0.3 is 10.1 Å². The highest BCUT2D eigenvalue weighted by atomic mass is 32.2. The molecular weight excluding hydrogens is 272 g/mol.